The van der Waals surface area contributed by atoms with Crippen molar-refractivity contribution in [3.8, 4) is 0 Å². The van der Waals surface area contributed by atoms with E-state index in [-0.39, 0.29) is 35.9 Å². The van der Waals surface area contributed by atoms with Crippen LogP contribution in [0.5, 0.6) is 0 Å². The molecule has 1 heterocycles. The van der Waals surface area contributed by atoms with Gasteiger partial charge in [0.2, 0.25) is 5.91 Å². The number of carbonyl (C=O) groups is 1. The summed E-state index contributed by atoms with van der Waals surface area (Å²) in [7, 11) is 1.73. The lowest BCUT2D eigenvalue weighted by atomic mass is 10.1. The number of halogens is 1. The first-order chi connectivity index (χ1) is 11.6. The fraction of sp³-hybridized carbons (Fsp3) is 0.444. The topological polar surface area (TPSA) is 81.3 Å². The summed E-state index contributed by atoms with van der Waals surface area (Å²) in [5.74, 6) is 0.763. The van der Waals surface area contributed by atoms with E-state index in [9.17, 15) is 4.79 Å². The molecule has 2 rings (SSSR count). The van der Waals surface area contributed by atoms with Crippen LogP contribution >= 0.6 is 24.0 Å². The lowest BCUT2D eigenvalue weighted by molar-refractivity contribution is -0.121. The molecule has 25 heavy (non-hydrogen) atoms. The van der Waals surface area contributed by atoms with Crippen molar-refractivity contribution in [1.82, 2.24) is 20.9 Å². The molecule has 7 heteroatoms. The first kappa shape index (κ1) is 21.3. The Morgan fingerprint density at radius 3 is 2.64 bits per heavy atom. The summed E-state index contributed by atoms with van der Waals surface area (Å²) < 4.78 is 0. The number of para-hydroxylation sites is 1. The number of fused-ring (bicyclic) bond motifs is 1. The highest BCUT2D eigenvalue weighted by molar-refractivity contribution is 14.0. The summed E-state index contributed by atoms with van der Waals surface area (Å²) in [6.45, 7) is 5.25. The molecule has 6 nitrogen and oxygen atoms in total. The van der Waals surface area contributed by atoms with Crippen LogP contribution in [0.1, 0.15) is 25.8 Å². The minimum absolute atomic E-state index is 0. The molecular formula is C18H28IN5O. The fourth-order valence-electron chi connectivity index (χ4n) is 2.56. The van der Waals surface area contributed by atoms with Gasteiger partial charge in [-0.05, 0) is 31.9 Å². The maximum Gasteiger partial charge on any atom is 0.221 e. The van der Waals surface area contributed by atoms with Crippen molar-refractivity contribution in [2.75, 3.05) is 20.1 Å². The highest BCUT2D eigenvalue weighted by atomic mass is 127. The lowest BCUT2D eigenvalue weighted by Gasteiger charge is -2.12. The Morgan fingerprint density at radius 1 is 1.20 bits per heavy atom. The van der Waals surface area contributed by atoms with Gasteiger partial charge in [0.25, 0.3) is 0 Å². The predicted molar refractivity (Wildman–Crippen MR) is 115 cm³/mol. The average Bonchev–Trinajstić information content (AvgIpc) is 2.96. The molecule has 0 aliphatic heterocycles. The monoisotopic (exact) mass is 457 g/mol. The summed E-state index contributed by atoms with van der Waals surface area (Å²) >= 11 is 0. The van der Waals surface area contributed by atoms with E-state index in [4.69, 9.17) is 0 Å². The first-order valence-electron chi connectivity index (χ1n) is 8.39. The number of hydrogen-bond acceptors (Lipinski definition) is 2. The van der Waals surface area contributed by atoms with Crippen molar-refractivity contribution in [2.45, 2.75) is 32.7 Å². The van der Waals surface area contributed by atoms with Crippen LogP contribution in [0, 0.1) is 0 Å². The highest BCUT2D eigenvalue weighted by Crippen LogP contribution is 2.17. The lowest BCUT2D eigenvalue weighted by Crippen LogP contribution is -2.40. The highest BCUT2D eigenvalue weighted by Gasteiger charge is 2.05. The molecule has 0 radical (unpaired) electrons. The van der Waals surface area contributed by atoms with Crippen LogP contribution in [-0.2, 0) is 11.2 Å². The van der Waals surface area contributed by atoms with Gasteiger partial charge in [0.1, 0.15) is 0 Å². The molecule has 2 aromatic rings. The third kappa shape index (κ3) is 6.93. The van der Waals surface area contributed by atoms with Gasteiger partial charge in [0, 0.05) is 49.7 Å². The normalized spacial score (nSPS) is 11.3. The Balaban J connectivity index is 0.00000312. The molecule has 0 bridgehead atoms. The minimum Gasteiger partial charge on any atom is -0.361 e. The number of amides is 1. The maximum atomic E-state index is 11.6. The molecule has 0 aliphatic carbocycles. The van der Waals surface area contributed by atoms with Crippen molar-refractivity contribution in [3.05, 3.63) is 36.0 Å². The Morgan fingerprint density at radius 2 is 1.92 bits per heavy atom. The molecule has 0 fully saturated rings. The third-order valence-electron chi connectivity index (χ3n) is 3.68. The van der Waals surface area contributed by atoms with Crippen LogP contribution in [0.4, 0.5) is 0 Å². The Bertz CT molecular complexity index is 696. The number of nitrogens with one attached hydrogen (secondary N) is 4. The number of aromatic amines is 1. The van der Waals surface area contributed by atoms with Gasteiger partial charge in [-0.15, -0.1) is 24.0 Å². The molecule has 138 valence electrons. The van der Waals surface area contributed by atoms with Gasteiger partial charge in [-0.1, -0.05) is 18.2 Å². The van der Waals surface area contributed by atoms with E-state index < -0.39 is 0 Å². The smallest absolute Gasteiger partial charge is 0.221 e. The molecule has 0 atom stereocenters. The van der Waals surface area contributed by atoms with Crippen LogP contribution in [0.15, 0.2) is 35.5 Å². The standard InChI is InChI=1S/C18H27N5O.HI/c1-13(2)23-17(24)9-11-21-18(19-3)20-10-8-14-12-22-16-7-5-4-6-15(14)16;/h4-7,12-13,22H,8-11H2,1-3H3,(H,23,24)(H2,19,20,21);1H. The van der Waals surface area contributed by atoms with Crippen molar-refractivity contribution in [3.63, 3.8) is 0 Å². The third-order valence-corrected chi connectivity index (χ3v) is 3.68. The van der Waals surface area contributed by atoms with Crippen molar-refractivity contribution < 1.29 is 4.79 Å². The van der Waals surface area contributed by atoms with Crippen molar-refractivity contribution in [2.24, 2.45) is 4.99 Å². The fourth-order valence-corrected chi connectivity index (χ4v) is 2.56. The van der Waals surface area contributed by atoms with Gasteiger partial charge in [0.05, 0.1) is 0 Å². The number of guanidine groups is 1. The summed E-state index contributed by atoms with van der Waals surface area (Å²) in [4.78, 5) is 19.1. The molecule has 0 unspecified atom stereocenters. The van der Waals surface area contributed by atoms with E-state index in [0.29, 0.717) is 18.9 Å². The van der Waals surface area contributed by atoms with Crippen LogP contribution < -0.4 is 16.0 Å². The van der Waals surface area contributed by atoms with E-state index >= 15 is 0 Å². The van der Waals surface area contributed by atoms with E-state index in [1.165, 1.54) is 10.9 Å². The molecule has 0 saturated carbocycles. The molecule has 1 aromatic carbocycles. The maximum absolute atomic E-state index is 11.6. The number of aromatic nitrogens is 1. The van der Waals surface area contributed by atoms with Gasteiger partial charge >= 0.3 is 0 Å². The molecule has 0 aliphatic rings. The summed E-state index contributed by atoms with van der Waals surface area (Å²) in [5.41, 5.74) is 2.44. The number of nitrogens with zero attached hydrogens (tertiary/aromatic N) is 1. The zero-order chi connectivity index (χ0) is 17.4. The van der Waals surface area contributed by atoms with Gasteiger partial charge in [-0.25, -0.2) is 0 Å². The Kier molecular flexibility index (Phi) is 9.33. The number of benzene rings is 1. The molecular weight excluding hydrogens is 429 g/mol. The number of carbonyl (C=O) groups excluding carboxylic acids is 1. The number of rotatable bonds is 7. The first-order valence-corrected chi connectivity index (χ1v) is 8.39. The quantitative estimate of drug-likeness (QED) is 0.293. The predicted octanol–water partition coefficient (Wildman–Crippen LogP) is 2.41. The number of hydrogen-bond donors (Lipinski definition) is 4. The van der Waals surface area contributed by atoms with Gasteiger partial charge in [-0.2, -0.15) is 0 Å². The zero-order valence-corrected chi connectivity index (χ0v) is 17.4. The van der Waals surface area contributed by atoms with E-state index in [1.54, 1.807) is 7.05 Å². The summed E-state index contributed by atoms with van der Waals surface area (Å²) in [6.07, 6.45) is 3.39. The van der Waals surface area contributed by atoms with E-state index in [1.807, 2.05) is 19.9 Å². The van der Waals surface area contributed by atoms with Gasteiger partial charge < -0.3 is 20.9 Å². The largest absolute Gasteiger partial charge is 0.361 e. The summed E-state index contributed by atoms with van der Waals surface area (Å²) in [6, 6.07) is 8.46. The Labute approximate surface area is 166 Å². The number of aliphatic imine (C=N–C) groups is 1. The van der Waals surface area contributed by atoms with E-state index in [0.717, 1.165) is 18.5 Å². The minimum atomic E-state index is 0. The van der Waals surface area contributed by atoms with Gasteiger partial charge in [-0.3, -0.25) is 9.79 Å². The summed E-state index contributed by atoms with van der Waals surface area (Å²) in [5, 5.41) is 10.6. The van der Waals surface area contributed by atoms with Crippen LogP contribution in [0.25, 0.3) is 10.9 Å². The van der Waals surface area contributed by atoms with Crippen LogP contribution in [0.3, 0.4) is 0 Å². The molecule has 0 spiro atoms. The SMILES string of the molecule is CN=C(NCCC(=O)NC(C)C)NCCc1c[nH]c2ccccc12.I. The molecule has 1 amide bonds. The van der Waals surface area contributed by atoms with Gasteiger partial charge in [0.15, 0.2) is 5.96 Å². The van der Waals surface area contributed by atoms with E-state index in [2.05, 4.69) is 50.3 Å². The van der Waals surface area contributed by atoms with Crippen LogP contribution in [0.2, 0.25) is 0 Å². The zero-order valence-electron chi connectivity index (χ0n) is 15.1. The molecule has 4 N–H and O–H groups in total. The molecule has 1 aromatic heterocycles. The van der Waals surface area contributed by atoms with Crippen LogP contribution in [-0.4, -0.2) is 43.0 Å². The van der Waals surface area contributed by atoms with Crippen molar-refractivity contribution in [1.29, 1.82) is 0 Å². The second kappa shape index (κ2) is 11.0. The van der Waals surface area contributed by atoms with Crippen molar-refractivity contribution >= 4 is 46.7 Å². The molecule has 0 saturated heterocycles. The second-order valence-electron chi connectivity index (χ2n) is 6.01. The second-order valence-corrected chi connectivity index (χ2v) is 6.01. The Hall–Kier alpha value is -1.77. The number of H-pyrrole nitrogens is 1. The average molecular weight is 457 g/mol.